The van der Waals surface area contributed by atoms with Gasteiger partial charge in [0.1, 0.15) is 11.9 Å². The fraction of sp³-hybridized carbons (Fsp3) is 0.333. The third-order valence-corrected chi connectivity index (χ3v) is 2.34. The maximum atomic E-state index is 12.9. The fourth-order valence-electron chi connectivity index (χ4n) is 1.59. The number of allylic oxidation sites excluding steroid dienone is 1. The molecule has 0 radical (unpaired) electrons. The molecule has 0 saturated heterocycles. The molecule has 0 unspecified atom stereocenters. The van der Waals surface area contributed by atoms with Crippen LogP contribution in [0.25, 0.3) is 0 Å². The molecule has 2 N–H and O–H groups in total. The highest BCUT2D eigenvalue weighted by atomic mass is 19.1. The molecule has 1 aliphatic carbocycles. The number of aliphatic hydroxyl groups is 1. The average Bonchev–Trinajstić information content (AvgIpc) is 2.46. The van der Waals surface area contributed by atoms with E-state index in [1.165, 1.54) is 22.9 Å². The van der Waals surface area contributed by atoms with Crippen molar-refractivity contribution in [2.45, 2.75) is 18.6 Å². The van der Waals surface area contributed by atoms with Crippen LogP contribution in [0.4, 0.5) is 4.39 Å². The summed E-state index contributed by atoms with van der Waals surface area (Å²) in [6.07, 6.45) is 1.41. The molecule has 0 bridgehead atoms. The van der Waals surface area contributed by atoms with Gasteiger partial charge in [-0.25, -0.2) is 9.18 Å². The second kappa shape index (κ2) is 3.47. The standard InChI is InChI=1S/C9H9FN2O3/c10-6-3-5(4-7(6)13)12-2-1-8(14)11-9(12)15/h1-3,5,7,13H,4H2,(H,11,14,15)/t5-,7+/m0/s1. The first kappa shape index (κ1) is 9.85. The van der Waals surface area contributed by atoms with Gasteiger partial charge in [0.2, 0.25) is 0 Å². The quantitative estimate of drug-likeness (QED) is 0.670. The van der Waals surface area contributed by atoms with Crippen molar-refractivity contribution < 1.29 is 9.50 Å². The van der Waals surface area contributed by atoms with E-state index in [0.29, 0.717) is 0 Å². The van der Waals surface area contributed by atoms with Gasteiger partial charge in [-0.15, -0.1) is 0 Å². The number of H-pyrrole nitrogens is 1. The van der Waals surface area contributed by atoms with E-state index in [9.17, 15) is 14.0 Å². The lowest BCUT2D eigenvalue weighted by Crippen LogP contribution is -2.30. The van der Waals surface area contributed by atoms with Crippen LogP contribution in [-0.4, -0.2) is 20.8 Å². The first-order valence-corrected chi connectivity index (χ1v) is 4.44. The van der Waals surface area contributed by atoms with E-state index >= 15 is 0 Å². The summed E-state index contributed by atoms with van der Waals surface area (Å²) in [4.78, 5) is 24.2. The fourth-order valence-corrected chi connectivity index (χ4v) is 1.59. The molecule has 1 aromatic heterocycles. The summed E-state index contributed by atoms with van der Waals surface area (Å²) in [5, 5.41) is 9.14. The molecule has 1 aromatic rings. The number of nitrogens with one attached hydrogen (secondary N) is 1. The molecule has 0 amide bonds. The second-order valence-electron chi connectivity index (χ2n) is 3.39. The molecule has 0 aromatic carbocycles. The van der Waals surface area contributed by atoms with Crippen molar-refractivity contribution in [2.24, 2.45) is 0 Å². The Hall–Kier alpha value is -1.69. The third kappa shape index (κ3) is 1.75. The molecule has 5 nitrogen and oxygen atoms in total. The minimum Gasteiger partial charge on any atom is -0.386 e. The maximum Gasteiger partial charge on any atom is 0.328 e. The van der Waals surface area contributed by atoms with E-state index in [4.69, 9.17) is 5.11 Å². The molecule has 6 heteroatoms. The summed E-state index contributed by atoms with van der Waals surface area (Å²) in [7, 11) is 0. The van der Waals surface area contributed by atoms with Gasteiger partial charge in [-0.2, -0.15) is 0 Å². The molecular formula is C9H9FN2O3. The van der Waals surface area contributed by atoms with Crippen molar-refractivity contribution in [3.8, 4) is 0 Å². The van der Waals surface area contributed by atoms with E-state index in [1.807, 2.05) is 0 Å². The first-order valence-electron chi connectivity index (χ1n) is 4.44. The largest absolute Gasteiger partial charge is 0.386 e. The summed E-state index contributed by atoms with van der Waals surface area (Å²) in [6, 6.07) is 0.641. The lowest BCUT2D eigenvalue weighted by atomic mass is 10.2. The Balaban J connectivity index is 2.41. The highest BCUT2D eigenvalue weighted by molar-refractivity contribution is 5.12. The second-order valence-corrected chi connectivity index (χ2v) is 3.39. The van der Waals surface area contributed by atoms with Crippen molar-refractivity contribution in [1.82, 2.24) is 9.55 Å². The SMILES string of the molecule is O=c1ccn([C@H]2C=C(F)[C@H](O)C2)c(=O)[nH]1. The van der Waals surface area contributed by atoms with Gasteiger partial charge in [0.05, 0.1) is 6.04 Å². The Kier molecular flexibility index (Phi) is 2.28. The van der Waals surface area contributed by atoms with Gasteiger partial charge in [0.25, 0.3) is 5.56 Å². The lowest BCUT2D eigenvalue weighted by Gasteiger charge is -2.10. The summed E-state index contributed by atoms with van der Waals surface area (Å²) in [5.41, 5.74) is -1.11. The van der Waals surface area contributed by atoms with Crippen LogP contribution in [-0.2, 0) is 0 Å². The summed E-state index contributed by atoms with van der Waals surface area (Å²) >= 11 is 0. The predicted molar refractivity (Wildman–Crippen MR) is 50.2 cm³/mol. The van der Waals surface area contributed by atoms with Gasteiger partial charge < -0.3 is 5.11 Å². The van der Waals surface area contributed by atoms with Gasteiger partial charge >= 0.3 is 5.69 Å². The molecule has 1 heterocycles. The van der Waals surface area contributed by atoms with E-state index in [1.54, 1.807) is 0 Å². The van der Waals surface area contributed by atoms with Gasteiger partial charge in [-0.1, -0.05) is 0 Å². The lowest BCUT2D eigenvalue weighted by molar-refractivity contribution is 0.177. The van der Waals surface area contributed by atoms with E-state index in [-0.39, 0.29) is 6.42 Å². The molecule has 0 spiro atoms. The van der Waals surface area contributed by atoms with Crippen molar-refractivity contribution in [1.29, 1.82) is 0 Å². The van der Waals surface area contributed by atoms with E-state index in [2.05, 4.69) is 4.98 Å². The van der Waals surface area contributed by atoms with Crippen LogP contribution in [0.5, 0.6) is 0 Å². The normalized spacial score (nSPS) is 25.3. The molecule has 0 fully saturated rings. The number of halogens is 1. The highest BCUT2D eigenvalue weighted by Gasteiger charge is 2.26. The van der Waals surface area contributed by atoms with E-state index in [0.717, 1.165) is 0 Å². The van der Waals surface area contributed by atoms with Gasteiger partial charge in [0, 0.05) is 18.7 Å². The summed E-state index contributed by atoms with van der Waals surface area (Å²) in [6.45, 7) is 0. The molecule has 15 heavy (non-hydrogen) atoms. The Morgan fingerprint density at radius 1 is 1.53 bits per heavy atom. The van der Waals surface area contributed by atoms with Crippen LogP contribution in [0.2, 0.25) is 0 Å². The Morgan fingerprint density at radius 3 is 2.80 bits per heavy atom. The molecule has 1 aliphatic rings. The van der Waals surface area contributed by atoms with Crippen LogP contribution >= 0.6 is 0 Å². The minimum atomic E-state index is -1.16. The number of aromatic nitrogens is 2. The average molecular weight is 212 g/mol. The number of hydrogen-bond donors (Lipinski definition) is 2. The zero-order valence-electron chi connectivity index (χ0n) is 7.68. The third-order valence-electron chi connectivity index (χ3n) is 2.34. The Morgan fingerprint density at radius 2 is 2.27 bits per heavy atom. The van der Waals surface area contributed by atoms with Crippen molar-refractivity contribution in [3.05, 3.63) is 45.0 Å². The predicted octanol–water partition coefficient (Wildman–Crippen LogP) is -0.304. The van der Waals surface area contributed by atoms with Crippen molar-refractivity contribution in [2.75, 3.05) is 0 Å². The number of nitrogens with zero attached hydrogens (tertiary/aromatic N) is 1. The van der Waals surface area contributed by atoms with Gasteiger partial charge in [0.15, 0.2) is 0 Å². The molecule has 2 atom stereocenters. The number of aliphatic hydroxyl groups excluding tert-OH is 1. The zero-order chi connectivity index (χ0) is 11.0. The monoisotopic (exact) mass is 212 g/mol. The Bertz CT molecular complexity index is 517. The molecule has 80 valence electrons. The molecular weight excluding hydrogens is 203 g/mol. The summed E-state index contributed by atoms with van der Waals surface area (Å²) < 4.78 is 14.1. The number of rotatable bonds is 1. The summed E-state index contributed by atoms with van der Waals surface area (Å²) in [5.74, 6) is -0.641. The number of aromatic amines is 1. The molecule has 2 rings (SSSR count). The van der Waals surface area contributed by atoms with Gasteiger partial charge in [-0.05, 0) is 6.08 Å². The van der Waals surface area contributed by atoms with Crippen molar-refractivity contribution >= 4 is 0 Å². The van der Waals surface area contributed by atoms with Crippen LogP contribution in [0, 0.1) is 0 Å². The molecule has 0 aliphatic heterocycles. The molecule has 0 saturated carbocycles. The van der Waals surface area contributed by atoms with Crippen LogP contribution < -0.4 is 11.2 Å². The maximum absolute atomic E-state index is 12.9. The first-order chi connectivity index (χ1) is 7.08. The highest BCUT2D eigenvalue weighted by Crippen LogP contribution is 2.27. The van der Waals surface area contributed by atoms with Crippen LogP contribution in [0.1, 0.15) is 12.5 Å². The van der Waals surface area contributed by atoms with E-state index < -0.39 is 29.2 Å². The topological polar surface area (TPSA) is 75.1 Å². The smallest absolute Gasteiger partial charge is 0.328 e. The Labute approximate surface area is 83.5 Å². The minimum absolute atomic E-state index is 0.109. The van der Waals surface area contributed by atoms with Crippen LogP contribution in [0.15, 0.2) is 33.8 Å². The van der Waals surface area contributed by atoms with Crippen molar-refractivity contribution in [3.63, 3.8) is 0 Å². The number of hydrogen-bond acceptors (Lipinski definition) is 3. The van der Waals surface area contributed by atoms with Crippen LogP contribution in [0.3, 0.4) is 0 Å². The zero-order valence-corrected chi connectivity index (χ0v) is 7.68. The van der Waals surface area contributed by atoms with Gasteiger partial charge in [-0.3, -0.25) is 14.3 Å².